The van der Waals surface area contributed by atoms with Crippen LogP contribution in [0.1, 0.15) is 25.7 Å². The first-order valence-corrected chi connectivity index (χ1v) is 9.12. The molecular formula is C18H23ClN2O3. The second-order valence-electron chi connectivity index (χ2n) is 7.08. The molecule has 0 aromatic heterocycles. The fraction of sp³-hybridized carbons (Fsp3) is 0.611. The number of epoxide rings is 1. The van der Waals surface area contributed by atoms with Crippen LogP contribution in [-0.2, 0) is 4.74 Å². The maximum Gasteiger partial charge on any atom is 0.319 e. The van der Waals surface area contributed by atoms with Crippen LogP contribution in [0, 0.1) is 17.8 Å². The summed E-state index contributed by atoms with van der Waals surface area (Å²) in [6.07, 6.45) is 5.28. The van der Waals surface area contributed by atoms with Gasteiger partial charge in [0.15, 0.2) is 0 Å². The van der Waals surface area contributed by atoms with E-state index in [0.29, 0.717) is 23.9 Å². The minimum Gasteiger partial charge on any atom is -0.489 e. The molecule has 1 saturated heterocycles. The molecule has 2 saturated carbocycles. The van der Waals surface area contributed by atoms with Gasteiger partial charge in [0.1, 0.15) is 18.5 Å². The molecule has 3 unspecified atom stereocenters. The van der Waals surface area contributed by atoms with Crippen LogP contribution in [0.5, 0.6) is 5.75 Å². The van der Waals surface area contributed by atoms with Crippen LogP contribution >= 0.6 is 11.6 Å². The third-order valence-electron chi connectivity index (χ3n) is 5.59. The van der Waals surface area contributed by atoms with E-state index < -0.39 is 6.03 Å². The number of benzene rings is 1. The minimum atomic E-state index is -0.433. The molecule has 1 heterocycles. The zero-order chi connectivity index (χ0) is 16.7. The number of nitrogens with two attached hydrogens (primary N) is 1. The van der Waals surface area contributed by atoms with E-state index in [1.807, 2.05) is 6.07 Å². The Hall–Kier alpha value is -1.46. The molecule has 2 aliphatic carbocycles. The summed E-state index contributed by atoms with van der Waals surface area (Å²) in [6.45, 7) is 1.90. The number of carbonyl (C=O) groups is 1. The van der Waals surface area contributed by atoms with Gasteiger partial charge in [0.05, 0.1) is 11.6 Å². The lowest BCUT2D eigenvalue weighted by atomic mass is 10.1. The van der Waals surface area contributed by atoms with Gasteiger partial charge >= 0.3 is 6.03 Å². The van der Waals surface area contributed by atoms with Crippen molar-refractivity contribution in [2.75, 3.05) is 24.7 Å². The lowest BCUT2D eigenvalue weighted by Crippen LogP contribution is -2.36. The van der Waals surface area contributed by atoms with Crippen LogP contribution in [0.15, 0.2) is 18.2 Å². The number of nitrogens with zero attached hydrogens (tertiary/aromatic N) is 1. The first kappa shape index (κ1) is 16.0. The predicted octanol–water partition coefficient (Wildman–Crippen LogP) is 3.44. The van der Waals surface area contributed by atoms with E-state index in [1.54, 1.807) is 17.0 Å². The molecule has 2 amide bonds. The first-order chi connectivity index (χ1) is 11.6. The molecule has 24 heavy (non-hydrogen) atoms. The highest BCUT2D eigenvalue weighted by Gasteiger charge is 2.51. The molecule has 3 atom stereocenters. The number of primary amides is 1. The number of urea groups is 1. The molecule has 0 spiro atoms. The number of amides is 2. The third kappa shape index (κ3) is 3.33. The van der Waals surface area contributed by atoms with Crippen LogP contribution in [0.2, 0.25) is 5.02 Å². The number of hydrogen-bond donors (Lipinski definition) is 1. The van der Waals surface area contributed by atoms with E-state index in [1.165, 1.54) is 19.3 Å². The Kier molecular flexibility index (Phi) is 4.31. The van der Waals surface area contributed by atoms with Crippen molar-refractivity contribution in [1.82, 2.24) is 0 Å². The number of carbonyl (C=O) groups excluding carboxylic acids is 1. The van der Waals surface area contributed by atoms with Gasteiger partial charge in [0, 0.05) is 12.2 Å². The summed E-state index contributed by atoms with van der Waals surface area (Å²) >= 11 is 6.29. The molecular weight excluding hydrogens is 328 g/mol. The zero-order valence-electron chi connectivity index (χ0n) is 13.6. The second-order valence-corrected chi connectivity index (χ2v) is 7.49. The summed E-state index contributed by atoms with van der Waals surface area (Å²) in [5, 5.41) is 0.489. The van der Waals surface area contributed by atoms with E-state index in [4.69, 9.17) is 26.8 Å². The highest BCUT2D eigenvalue weighted by Crippen LogP contribution is 2.59. The Balaban J connectivity index is 1.38. The van der Waals surface area contributed by atoms with Crippen LogP contribution in [0.3, 0.4) is 0 Å². The minimum absolute atomic E-state index is 0.181. The van der Waals surface area contributed by atoms with Crippen molar-refractivity contribution in [2.24, 2.45) is 23.5 Å². The smallest absolute Gasteiger partial charge is 0.319 e. The van der Waals surface area contributed by atoms with Crippen molar-refractivity contribution < 1.29 is 14.3 Å². The van der Waals surface area contributed by atoms with Gasteiger partial charge in [0.25, 0.3) is 0 Å². The Labute approximate surface area is 147 Å². The van der Waals surface area contributed by atoms with E-state index in [2.05, 4.69) is 0 Å². The van der Waals surface area contributed by atoms with Gasteiger partial charge in [-0.2, -0.15) is 0 Å². The number of rotatable bonds is 7. The van der Waals surface area contributed by atoms with Gasteiger partial charge in [-0.1, -0.05) is 18.0 Å². The number of fused-ring (bicyclic) bond motifs is 1. The maximum atomic E-state index is 11.9. The van der Waals surface area contributed by atoms with Crippen LogP contribution in [-0.4, -0.2) is 31.9 Å². The summed E-state index contributed by atoms with van der Waals surface area (Å²) in [4.78, 5) is 13.5. The highest BCUT2D eigenvalue weighted by molar-refractivity contribution is 6.32. The molecule has 1 aromatic carbocycles. The van der Waals surface area contributed by atoms with Crippen molar-refractivity contribution in [3.63, 3.8) is 0 Å². The monoisotopic (exact) mass is 350 g/mol. The van der Waals surface area contributed by atoms with Crippen molar-refractivity contribution in [3.05, 3.63) is 23.2 Å². The molecule has 0 bridgehead atoms. The van der Waals surface area contributed by atoms with E-state index >= 15 is 0 Å². The second kappa shape index (κ2) is 6.45. The number of ether oxygens (including phenoxy) is 2. The fourth-order valence-electron chi connectivity index (χ4n) is 4.16. The fourth-order valence-corrected chi connectivity index (χ4v) is 4.39. The number of hydrogen-bond acceptors (Lipinski definition) is 3. The Morgan fingerprint density at radius 3 is 2.75 bits per heavy atom. The highest BCUT2D eigenvalue weighted by atomic mass is 35.5. The predicted molar refractivity (Wildman–Crippen MR) is 92.6 cm³/mol. The lowest BCUT2D eigenvalue weighted by Gasteiger charge is -2.22. The Bertz CT molecular complexity index is 625. The van der Waals surface area contributed by atoms with Crippen LogP contribution in [0.25, 0.3) is 0 Å². The van der Waals surface area contributed by atoms with Crippen molar-refractivity contribution in [2.45, 2.75) is 31.8 Å². The van der Waals surface area contributed by atoms with Gasteiger partial charge in [-0.25, -0.2) is 4.79 Å². The number of halogens is 1. The average Bonchev–Trinajstić information content (AvgIpc) is 3.45. The molecule has 1 aromatic rings. The summed E-state index contributed by atoms with van der Waals surface area (Å²) in [7, 11) is 0. The van der Waals surface area contributed by atoms with Crippen molar-refractivity contribution >= 4 is 23.3 Å². The quantitative estimate of drug-likeness (QED) is 0.766. The van der Waals surface area contributed by atoms with Gasteiger partial charge in [-0.15, -0.1) is 0 Å². The van der Waals surface area contributed by atoms with E-state index in [-0.39, 0.29) is 6.10 Å². The molecule has 130 valence electrons. The van der Waals surface area contributed by atoms with E-state index in [9.17, 15) is 4.79 Å². The normalized spacial score (nSPS) is 29.9. The molecule has 3 fully saturated rings. The van der Waals surface area contributed by atoms with Gasteiger partial charge in [-0.3, -0.25) is 4.90 Å². The molecule has 4 rings (SSSR count). The van der Waals surface area contributed by atoms with Crippen molar-refractivity contribution in [3.8, 4) is 5.75 Å². The third-order valence-corrected chi connectivity index (χ3v) is 5.89. The summed E-state index contributed by atoms with van der Waals surface area (Å²) < 4.78 is 10.7. The van der Waals surface area contributed by atoms with E-state index in [0.717, 1.165) is 36.5 Å². The first-order valence-electron chi connectivity index (χ1n) is 8.74. The maximum absolute atomic E-state index is 11.9. The standard InChI is InChI=1S/C18H23ClN2O3/c19-16-8-11(4-5-17(16)24-10-12-9-23-12)21(18(20)22)7-6-15-13-2-1-3-14(13)15/h4-5,8,12-15H,1-3,6-7,9-10H2,(H2,20,22). The lowest BCUT2D eigenvalue weighted by molar-refractivity contribution is 0.253. The average molecular weight is 351 g/mol. The van der Waals surface area contributed by atoms with Crippen molar-refractivity contribution in [1.29, 1.82) is 0 Å². The molecule has 6 heteroatoms. The molecule has 0 radical (unpaired) electrons. The Morgan fingerprint density at radius 1 is 1.38 bits per heavy atom. The molecule has 5 nitrogen and oxygen atoms in total. The number of anilines is 1. The molecule has 2 N–H and O–H groups in total. The molecule has 1 aliphatic heterocycles. The van der Waals surface area contributed by atoms with Gasteiger partial charge in [0.2, 0.25) is 0 Å². The largest absolute Gasteiger partial charge is 0.489 e. The topological polar surface area (TPSA) is 68.1 Å². The Morgan fingerprint density at radius 2 is 2.12 bits per heavy atom. The summed E-state index contributed by atoms with van der Waals surface area (Å²) in [6, 6.07) is 4.95. The summed E-state index contributed by atoms with van der Waals surface area (Å²) in [5.41, 5.74) is 6.31. The van der Waals surface area contributed by atoms with Crippen LogP contribution in [0.4, 0.5) is 10.5 Å². The summed E-state index contributed by atoms with van der Waals surface area (Å²) in [5.74, 6) is 3.17. The SMILES string of the molecule is NC(=O)N(CCC1C2CCCC21)c1ccc(OCC2CO2)c(Cl)c1. The van der Waals surface area contributed by atoms with Crippen LogP contribution < -0.4 is 15.4 Å². The van der Waals surface area contributed by atoms with Gasteiger partial charge in [-0.05, 0) is 55.2 Å². The molecule has 3 aliphatic rings. The zero-order valence-corrected chi connectivity index (χ0v) is 14.4. The van der Waals surface area contributed by atoms with Gasteiger partial charge < -0.3 is 15.2 Å².